The van der Waals surface area contributed by atoms with Crippen LogP contribution in [0.15, 0.2) is 66.2 Å². The van der Waals surface area contributed by atoms with Gasteiger partial charge in [-0.2, -0.15) is 0 Å². The van der Waals surface area contributed by atoms with Crippen molar-refractivity contribution in [2.45, 2.75) is 26.4 Å². The molecule has 3 aromatic rings. The zero-order valence-electron chi connectivity index (χ0n) is 14.2. The number of aliphatic hydroxyl groups excluding tert-OH is 1. The molecular formula is C23H22O. The second-order valence-corrected chi connectivity index (χ2v) is 7.05. The Hall–Kier alpha value is -2.38. The Balaban J connectivity index is 1.91. The summed E-state index contributed by atoms with van der Waals surface area (Å²) >= 11 is 0. The number of rotatable bonds is 3. The van der Waals surface area contributed by atoms with Crippen molar-refractivity contribution in [2.75, 3.05) is 0 Å². The van der Waals surface area contributed by atoms with Gasteiger partial charge in [-0.15, -0.1) is 0 Å². The van der Waals surface area contributed by atoms with Crippen LogP contribution >= 0.6 is 0 Å². The molecule has 0 aliphatic heterocycles. The van der Waals surface area contributed by atoms with E-state index in [2.05, 4.69) is 80.6 Å². The summed E-state index contributed by atoms with van der Waals surface area (Å²) in [5.41, 5.74) is 5.79. The largest absolute Gasteiger partial charge is 0.384 e. The fourth-order valence-corrected chi connectivity index (χ4v) is 3.78. The highest BCUT2D eigenvalue weighted by atomic mass is 16.3. The molecule has 0 spiro atoms. The zero-order chi connectivity index (χ0) is 16.7. The molecule has 3 aromatic carbocycles. The average Bonchev–Trinajstić information content (AvgIpc) is 2.90. The summed E-state index contributed by atoms with van der Waals surface area (Å²) in [6, 6.07) is 21.2. The SMILES string of the molecule is CC(C)CC1=Cc2c(-c3cccc4ccccc34)cccc2C1O. The van der Waals surface area contributed by atoms with Gasteiger partial charge in [0.25, 0.3) is 0 Å². The molecule has 1 unspecified atom stereocenters. The summed E-state index contributed by atoms with van der Waals surface area (Å²) in [4.78, 5) is 0. The van der Waals surface area contributed by atoms with Crippen molar-refractivity contribution in [2.24, 2.45) is 5.92 Å². The molecule has 120 valence electrons. The summed E-state index contributed by atoms with van der Waals surface area (Å²) in [6.45, 7) is 4.39. The van der Waals surface area contributed by atoms with E-state index >= 15 is 0 Å². The smallest absolute Gasteiger partial charge is 0.101 e. The fourth-order valence-electron chi connectivity index (χ4n) is 3.78. The van der Waals surface area contributed by atoms with E-state index in [1.54, 1.807) is 0 Å². The second kappa shape index (κ2) is 5.92. The van der Waals surface area contributed by atoms with Crippen molar-refractivity contribution < 1.29 is 5.11 Å². The predicted octanol–water partition coefficient (Wildman–Crippen LogP) is 5.98. The minimum absolute atomic E-state index is 0.461. The number of hydrogen-bond acceptors (Lipinski definition) is 1. The highest BCUT2D eigenvalue weighted by Crippen LogP contribution is 2.43. The lowest BCUT2D eigenvalue weighted by Gasteiger charge is -2.13. The van der Waals surface area contributed by atoms with Gasteiger partial charge in [0.05, 0.1) is 0 Å². The van der Waals surface area contributed by atoms with E-state index in [4.69, 9.17) is 0 Å². The van der Waals surface area contributed by atoms with E-state index in [9.17, 15) is 5.11 Å². The van der Waals surface area contributed by atoms with Crippen LogP contribution in [0.4, 0.5) is 0 Å². The second-order valence-electron chi connectivity index (χ2n) is 7.05. The van der Waals surface area contributed by atoms with Crippen LogP contribution in [0.5, 0.6) is 0 Å². The molecule has 0 aromatic heterocycles. The maximum absolute atomic E-state index is 10.7. The van der Waals surface area contributed by atoms with Gasteiger partial charge in [0.15, 0.2) is 0 Å². The van der Waals surface area contributed by atoms with Crippen LogP contribution < -0.4 is 0 Å². The molecule has 1 N–H and O–H groups in total. The molecule has 1 atom stereocenters. The summed E-state index contributed by atoms with van der Waals surface area (Å²) in [5, 5.41) is 13.2. The standard InChI is InChI=1S/C23H22O/c1-15(2)13-17-14-22-20(11-6-12-21(22)23(17)24)19-10-5-8-16-7-3-4-9-18(16)19/h3-12,14-15,23-24H,13H2,1-2H3. The van der Waals surface area contributed by atoms with Crippen molar-refractivity contribution in [3.05, 3.63) is 77.4 Å². The molecule has 4 rings (SSSR count). The van der Waals surface area contributed by atoms with Gasteiger partial charge in [0.2, 0.25) is 0 Å². The quantitative estimate of drug-likeness (QED) is 0.630. The van der Waals surface area contributed by atoms with E-state index in [-0.39, 0.29) is 0 Å². The van der Waals surface area contributed by atoms with Crippen molar-refractivity contribution in [1.82, 2.24) is 0 Å². The Morgan fingerprint density at radius 1 is 0.875 bits per heavy atom. The molecule has 0 bridgehead atoms. The first-order valence-electron chi connectivity index (χ1n) is 8.64. The van der Waals surface area contributed by atoms with Gasteiger partial charge < -0.3 is 5.11 Å². The van der Waals surface area contributed by atoms with Gasteiger partial charge in [-0.05, 0) is 50.9 Å². The van der Waals surface area contributed by atoms with Crippen molar-refractivity contribution in [3.8, 4) is 11.1 Å². The van der Waals surface area contributed by atoms with Gasteiger partial charge in [0.1, 0.15) is 6.10 Å². The summed E-state index contributed by atoms with van der Waals surface area (Å²) in [6.07, 6.45) is 2.68. The molecule has 24 heavy (non-hydrogen) atoms. The molecule has 0 fully saturated rings. The predicted molar refractivity (Wildman–Crippen MR) is 102 cm³/mol. The average molecular weight is 314 g/mol. The molecule has 0 saturated heterocycles. The van der Waals surface area contributed by atoms with E-state index in [1.807, 2.05) is 0 Å². The first-order chi connectivity index (χ1) is 11.6. The molecular weight excluding hydrogens is 292 g/mol. The van der Waals surface area contributed by atoms with E-state index < -0.39 is 6.10 Å². The lowest BCUT2D eigenvalue weighted by atomic mass is 9.93. The Kier molecular flexibility index (Phi) is 3.74. The molecule has 0 amide bonds. The number of hydrogen-bond donors (Lipinski definition) is 1. The van der Waals surface area contributed by atoms with E-state index in [0.29, 0.717) is 5.92 Å². The summed E-state index contributed by atoms with van der Waals surface area (Å²) in [7, 11) is 0. The highest BCUT2D eigenvalue weighted by Gasteiger charge is 2.25. The third-order valence-corrected chi connectivity index (χ3v) is 4.84. The molecule has 1 nitrogen and oxygen atoms in total. The Bertz CT molecular complexity index is 928. The van der Waals surface area contributed by atoms with Crippen LogP contribution in [-0.2, 0) is 0 Å². The fraction of sp³-hybridized carbons (Fsp3) is 0.217. The normalized spacial score (nSPS) is 16.5. The van der Waals surface area contributed by atoms with Gasteiger partial charge in [-0.25, -0.2) is 0 Å². The van der Waals surface area contributed by atoms with Crippen LogP contribution in [0.3, 0.4) is 0 Å². The number of fused-ring (bicyclic) bond motifs is 2. The highest BCUT2D eigenvalue weighted by molar-refractivity contribution is 5.99. The monoisotopic (exact) mass is 314 g/mol. The molecule has 1 aliphatic carbocycles. The van der Waals surface area contributed by atoms with Crippen molar-refractivity contribution in [3.63, 3.8) is 0 Å². The molecule has 1 aliphatic rings. The van der Waals surface area contributed by atoms with Crippen LogP contribution in [0.1, 0.15) is 37.5 Å². The van der Waals surface area contributed by atoms with Gasteiger partial charge in [0, 0.05) is 0 Å². The van der Waals surface area contributed by atoms with Gasteiger partial charge in [-0.1, -0.05) is 80.6 Å². The van der Waals surface area contributed by atoms with Crippen LogP contribution in [0.2, 0.25) is 0 Å². The van der Waals surface area contributed by atoms with Gasteiger partial charge >= 0.3 is 0 Å². The van der Waals surface area contributed by atoms with Crippen LogP contribution in [0, 0.1) is 5.92 Å². The Morgan fingerprint density at radius 2 is 1.58 bits per heavy atom. The molecule has 0 saturated carbocycles. The molecule has 0 radical (unpaired) electrons. The first kappa shape index (κ1) is 15.2. The summed E-state index contributed by atoms with van der Waals surface area (Å²) < 4.78 is 0. The van der Waals surface area contributed by atoms with Crippen LogP contribution in [-0.4, -0.2) is 5.11 Å². The first-order valence-corrected chi connectivity index (χ1v) is 8.64. The number of benzene rings is 3. The van der Waals surface area contributed by atoms with E-state index in [1.165, 1.54) is 27.5 Å². The maximum Gasteiger partial charge on any atom is 0.101 e. The summed E-state index contributed by atoms with van der Waals surface area (Å²) in [5.74, 6) is 0.543. The molecule has 0 heterocycles. The lowest BCUT2D eigenvalue weighted by molar-refractivity contribution is 0.212. The Labute approximate surface area is 143 Å². The number of aliphatic hydroxyl groups is 1. The van der Waals surface area contributed by atoms with Crippen molar-refractivity contribution in [1.29, 1.82) is 0 Å². The zero-order valence-corrected chi connectivity index (χ0v) is 14.2. The third-order valence-electron chi connectivity index (χ3n) is 4.84. The molecule has 1 heteroatoms. The lowest BCUT2D eigenvalue weighted by Crippen LogP contribution is -2.00. The third kappa shape index (κ3) is 2.46. The minimum Gasteiger partial charge on any atom is -0.384 e. The van der Waals surface area contributed by atoms with Crippen molar-refractivity contribution >= 4 is 16.8 Å². The topological polar surface area (TPSA) is 20.2 Å². The van der Waals surface area contributed by atoms with Crippen LogP contribution in [0.25, 0.3) is 28.0 Å². The maximum atomic E-state index is 10.7. The van der Waals surface area contributed by atoms with Gasteiger partial charge in [-0.3, -0.25) is 0 Å². The van der Waals surface area contributed by atoms with E-state index in [0.717, 1.165) is 17.6 Å². The Morgan fingerprint density at radius 3 is 2.42 bits per heavy atom. The minimum atomic E-state index is -0.461.